The highest BCUT2D eigenvalue weighted by molar-refractivity contribution is 5.80. The third-order valence-electron chi connectivity index (χ3n) is 6.20. The molecular weight excluding hydrogens is 326 g/mol. The Balaban J connectivity index is 1.35. The zero-order valence-corrected chi connectivity index (χ0v) is 14.3. The molecule has 25 heavy (non-hydrogen) atoms. The van der Waals surface area contributed by atoms with Crippen molar-refractivity contribution in [2.24, 2.45) is 17.3 Å². The van der Waals surface area contributed by atoms with Gasteiger partial charge < -0.3 is 9.64 Å². The van der Waals surface area contributed by atoms with Crippen molar-refractivity contribution in [1.29, 1.82) is 0 Å². The Labute approximate surface area is 146 Å². The summed E-state index contributed by atoms with van der Waals surface area (Å²) >= 11 is 0. The van der Waals surface area contributed by atoms with Crippen LogP contribution in [0, 0.1) is 17.3 Å². The van der Waals surface area contributed by atoms with E-state index >= 15 is 0 Å². The molecule has 2 saturated carbocycles. The number of carbonyl (C=O) groups is 1. The fraction of sp³-hybridized carbons (Fsp3) is 0.684. The van der Waals surface area contributed by atoms with Crippen LogP contribution in [0.3, 0.4) is 0 Å². The van der Waals surface area contributed by atoms with Crippen LogP contribution in [0.2, 0.25) is 0 Å². The van der Waals surface area contributed by atoms with Gasteiger partial charge in [-0.3, -0.25) is 9.78 Å². The van der Waals surface area contributed by atoms with Gasteiger partial charge in [-0.1, -0.05) is 6.42 Å². The number of fused-ring (bicyclic) bond motifs is 1. The molecule has 1 aliphatic heterocycles. The molecule has 6 heteroatoms. The largest absolute Gasteiger partial charge is 0.376 e. The zero-order valence-electron chi connectivity index (χ0n) is 14.3. The lowest BCUT2D eigenvalue weighted by atomic mass is 9.80. The van der Waals surface area contributed by atoms with E-state index in [2.05, 4.69) is 4.98 Å². The van der Waals surface area contributed by atoms with Gasteiger partial charge >= 0.3 is 0 Å². The Morgan fingerprint density at radius 2 is 2.08 bits per heavy atom. The first-order valence-corrected chi connectivity index (χ1v) is 9.11. The molecule has 3 aliphatic rings. The lowest BCUT2D eigenvalue weighted by Crippen LogP contribution is -2.46. The van der Waals surface area contributed by atoms with E-state index in [1.54, 1.807) is 12.4 Å². The van der Waals surface area contributed by atoms with Crippen LogP contribution in [0.4, 0.5) is 8.78 Å². The number of alkyl halides is 2. The van der Waals surface area contributed by atoms with Crippen molar-refractivity contribution >= 4 is 5.91 Å². The number of hydrogen-bond acceptors (Lipinski definition) is 3. The van der Waals surface area contributed by atoms with Gasteiger partial charge in [-0.25, -0.2) is 8.78 Å². The molecule has 1 amide bonds. The molecule has 136 valence electrons. The maximum absolute atomic E-state index is 13.1. The first-order chi connectivity index (χ1) is 12.0. The summed E-state index contributed by atoms with van der Waals surface area (Å²) in [7, 11) is 0. The number of ether oxygens (including phenoxy) is 1. The topological polar surface area (TPSA) is 42.4 Å². The molecule has 4 nitrogen and oxygen atoms in total. The van der Waals surface area contributed by atoms with Crippen LogP contribution in [-0.2, 0) is 16.1 Å². The van der Waals surface area contributed by atoms with E-state index < -0.39 is 11.8 Å². The zero-order chi connectivity index (χ0) is 17.5. The van der Waals surface area contributed by atoms with Crippen molar-refractivity contribution in [3.05, 3.63) is 30.1 Å². The van der Waals surface area contributed by atoms with Gasteiger partial charge in [-0.05, 0) is 36.5 Å². The van der Waals surface area contributed by atoms with Crippen molar-refractivity contribution in [1.82, 2.24) is 9.88 Å². The summed E-state index contributed by atoms with van der Waals surface area (Å²) < 4.78 is 32.1. The maximum atomic E-state index is 13.1. The van der Waals surface area contributed by atoms with Crippen LogP contribution in [0.1, 0.15) is 37.7 Å². The minimum atomic E-state index is -2.64. The number of hydrogen-bond donors (Lipinski definition) is 0. The fourth-order valence-electron chi connectivity index (χ4n) is 4.76. The van der Waals surface area contributed by atoms with Gasteiger partial charge in [0.15, 0.2) is 0 Å². The van der Waals surface area contributed by atoms with Gasteiger partial charge in [0, 0.05) is 49.7 Å². The summed E-state index contributed by atoms with van der Waals surface area (Å²) in [6.45, 7) is 2.54. The Kier molecular flexibility index (Phi) is 4.26. The summed E-state index contributed by atoms with van der Waals surface area (Å²) in [5, 5.41) is 0. The smallest absolute Gasteiger partial charge is 0.249 e. The quantitative estimate of drug-likeness (QED) is 0.818. The number of carbonyl (C=O) groups excluding carboxylic acids is 1. The van der Waals surface area contributed by atoms with Crippen LogP contribution in [-0.4, -0.2) is 41.4 Å². The van der Waals surface area contributed by atoms with E-state index in [0.717, 1.165) is 24.8 Å². The second-order valence-corrected chi connectivity index (χ2v) is 7.98. The summed E-state index contributed by atoms with van der Waals surface area (Å²) in [5.74, 6) is -2.76. The molecule has 1 aromatic heterocycles. The second kappa shape index (κ2) is 6.31. The molecule has 0 radical (unpaired) electrons. The number of pyridine rings is 1. The van der Waals surface area contributed by atoms with E-state index in [1.165, 1.54) is 0 Å². The van der Waals surface area contributed by atoms with E-state index in [9.17, 15) is 13.6 Å². The van der Waals surface area contributed by atoms with Gasteiger partial charge in [-0.15, -0.1) is 0 Å². The Morgan fingerprint density at radius 3 is 2.80 bits per heavy atom. The summed E-state index contributed by atoms with van der Waals surface area (Å²) in [6, 6.07) is 3.87. The molecule has 3 fully saturated rings. The fourth-order valence-corrected chi connectivity index (χ4v) is 4.76. The molecule has 2 atom stereocenters. The number of halogens is 2. The summed E-state index contributed by atoms with van der Waals surface area (Å²) in [4.78, 5) is 18.4. The summed E-state index contributed by atoms with van der Waals surface area (Å²) in [6.07, 6.45) is 6.26. The molecule has 4 rings (SSSR count). The number of likely N-dealkylation sites (tertiary alicyclic amines) is 1. The van der Waals surface area contributed by atoms with E-state index in [4.69, 9.17) is 4.74 Å². The standard InChI is InChI=1S/C19H24F2N2O2/c20-19(21)8-15(9-19)17(24)23-10-16-2-1-5-18(16,12-23)13-25-11-14-3-6-22-7-4-14/h3-4,6-7,15-16H,1-2,5,8-13H2/t16-,18+/m1/s1. The molecule has 0 unspecified atom stereocenters. The third-order valence-corrected chi connectivity index (χ3v) is 6.20. The Morgan fingerprint density at radius 1 is 1.32 bits per heavy atom. The van der Waals surface area contributed by atoms with E-state index in [0.29, 0.717) is 32.2 Å². The normalized spacial score (nSPS) is 31.0. The van der Waals surface area contributed by atoms with Gasteiger partial charge in [-0.2, -0.15) is 0 Å². The Hall–Kier alpha value is -1.56. The van der Waals surface area contributed by atoms with Crippen molar-refractivity contribution in [2.45, 2.75) is 44.6 Å². The Bertz CT molecular complexity index is 632. The highest BCUT2D eigenvalue weighted by Crippen LogP contribution is 2.51. The van der Waals surface area contributed by atoms with Crippen LogP contribution < -0.4 is 0 Å². The number of aromatic nitrogens is 1. The second-order valence-electron chi connectivity index (χ2n) is 7.98. The highest BCUT2D eigenvalue weighted by Gasteiger charge is 2.55. The summed E-state index contributed by atoms with van der Waals surface area (Å²) in [5.41, 5.74) is 1.10. The molecular formula is C19H24F2N2O2. The minimum absolute atomic E-state index is 0.00888. The maximum Gasteiger partial charge on any atom is 0.249 e. The molecule has 0 bridgehead atoms. The van der Waals surface area contributed by atoms with Crippen molar-refractivity contribution < 1.29 is 18.3 Å². The predicted molar refractivity (Wildman–Crippen MR) is 87.9 cm³/mol. The average Bonchev–Trinajstić information content (AvgIpc) is 3.10. The lowest BCUT2D eigenvalue weighted by Gasteiger charge is -2.36. The first kappa shape index (κ1) is 16.9. The van der Waals surface area contributed by atoms with Crippen molar-refractivity contribution in [3.8, 4) is 0 Å². The van der Waals surface area contributed by atoms with Crippen LogP contribution in [0.25, 0.3) is 0 Å². The molecule has 0 spiro atoms. The van der Waals surface area contributed by atoms with Gasteiger partial charge in [0.25, 0.3) is 0 Å². The minimum Gasteiger partial charge on any atom is -0.376 e. The average molecular weight is 350 g/mol. The molecule has 2 aliphatic carbocycles. The number of rotatable bonds is 5. The third kappa shape index (κ3) is 3.28. The lowest BCUT2D eigenvalue weighted by molar-refractivity contribution is -0.159. The van der Waals surface area contributed by atoms with Crippen molar-refractivity contribution in [3.63, 3.8) is 0 Å². The molecule has 1 aromatic rings. The molecule has 0 aromatic carbocycles. The molecule has 2 heterocycles. The first-order valence-electron chi connectivity index (χ1n) is 9.11. The predicted octanol–water partition coefficient (Wildman–Crippen LogP) is 3.27. The van der Waals surface area contributed by atoms with E-state index in [1.807, 2.05) is 17.0 Å². The van der Waals surface area contributed by atoms with Gasteiger partial charge in [0.1, 0.15) is 0 Å². The highest BCUT2D eigenvalue weighted by atomic mass is 19.3. The van der Waals surface area contributed by atoms with E-state index in [-0.39, 0.29) is 24.2 Å². The molecule has 1 saturated heterocycles. The molecule has 0 N–H and O–H groups in total. The van der Waals surface area contributed by atoms with Gasteiger partial charge in [0.05, 0.1) is 13.2 Å². The SMILES string of the molecule is O=C(C1CC(F)(F)C1)N1C[C@H]2CCC[C@@]2(COCc2ccncc2)C1. The van der Waals surface area contributed by atoms with Gasteiger partial charge in [0.2, 0.25) is 11.8 Å². The number of amides is 1. The number of nitrogens with zero attached hydrogens (tertiary/aromatic N) is 2. The van der Waals surface area contributed by atoms with Crippen LogP contribution in [0.5, 0.6) is 0 Å². The van der Waals surface area contributed by atoms with Crippen LogP contribution >= 0.6 is 0 Å². The van der Waals surface area contributed by atoms with Crippen molar-refractivity contribution in [2.75, 3.05) is 19.7 Å². The monoisotopic (exact) mass is 350 g/mol. The van der Waals surface area contributed by atoms with Crippen LogP contribution in [0.15, 0.2) is 24.5 Å².